The van der Waals surface area contributed by atoms with E-state index in [2.05, 4.69) is 42.5 Å². The van der Waals surface area contributed by atoms with Crippen LogP contribution in [0.25, 0.3) is 0 Å². The van der Waals surface area contributed by atoms with Crippen LogP contribution >= 0.6 is 11.8 Å². The van der Waals surface area contributed by atoms with Crippen LogP contribution in [-0.4, -0.2) is 126 Å². The number of nitrogens with one attached hydrogen (secondary N) is 9. The van der Waals surface area contributed by atoms with Gasteiger partial charge in [0.1, 0.15) is 18.1 Å². The second-order valence-corrected chi connectivity index (χ2v) is 16.6. The van der Waals surface area contributed by atoms with Gasteiger partial charge in [0, 0.05) is 36.3 Å². The smallest absolute Gasteiger partial charge is 0.315 e. The van der Waals surface area contributed by atoms with E-state index in [0.717, 1.165) is 25.0 Å². The highest BCUT2D eigenvalue weighted by atomic mass is 32.2. The number of carbonyl (C=O) groups is 9. The van der Waals surface area contributed by atoms with Crippen molar-refractivity contribution in [3.63, 3.8) is 0 Å². The lowest BCUT2D eigenvalue weighted by molar-refractivity contribution is -0.137. The zero-order chi connectivity index (χ0) is 43.9. The Morgan fingerprint density at radius 1 is 0.763 bits per heavy atom. The molecule has 0 saturated carbocycles. The zero-order valence-electron chi connectivity index (χ0n) is 34.3. The second kappa shape index (κ2) is 27.1. The number of amides is 10. The summed E-state index contributed by atoms with van der Waals surface area (Å²) in [7, 11) is 0. The van der Waals surface area contributed by atoms with E-state index in [1.54, 1.807) is 0 Å². The highest BCUT2D eigenvalue weighted by Gasteiger charge is 2.42. The average molecular weight is 856 g/mol. The standard InChI is InChI=1S/C37H65N11O10S/c1-21(2)16-25(45-35(55)23(10-6-8-14-38)17-29(50)48-58)36(56)43-22(3)34(54)42-18-30(51)41-19-31(52)44-24(33(39)53)11-7-9-15-40-28(49)13-5-4-12-27-32-26(20-59-27)46-37(57)47-32/h21-27,32,58H,4-20,38H2,1-3H3,(H2,39,53)(H,40,49)(H,41,51)(H,42,54)(H,43,56)(H,44,52)(H,45,55)(H,48,50)(H2,46,47,57)/t22-,23?,24-,25-,26-,27-,32-/m0/s1. The van der Waals surface area contributed by atoms with Gasteiger partial charge in [0.05, 0.1) is 25.2 Å². The van der Waals surface area contributed by atoms with Crippen molar-refractivity contribution in [2.24, 2.45) is 23.3 Å². The van der Waals surface area contributed by atoms with E-state index in [-0.39, 0.29) is 49.2 Å². The van der Waals surface area contributed by atoms with Crippen molar-refractivity contribution in [1.29, 1.82) is 0 Å². The van der Waals surface area contributed by atoms with Crippen LogP contribution in [0.2, 0.25) is 0 Å². The van der Waals surface area contributed by atoms with Crippen molar-refractivity contribution in [1.82, 2.24) is 48.0 Å². The molecule has 14 N–H and O–H groups in total. The highest BCUT2D eigenvalue weighted by molar-refractivity contribution is 8.00. The fourth-order valence-electron chi connectivity index (χ4n) is 6.66. The van der Waals surface area contributed by atoms with Crippen LogP contribution in [0.3, 0.4) is 0 Å². The number of unbranched alkanes of at least 4 members (excludes halogenated alkanes) is 3. The molecule has 2 aliphatic rings. The number of urea groups is 1. The fraction of sp³-hybridized carbons (Fsp3) is 0.757. The lowest BCUT2D eigenvalue weighted by Crippen LogP contribution is -2.54. The van der Waals surface area contributed by atoms with Crippen LogP contribution in [0, 0.1) is 11.8 Å². The maximum atomic E-state index is 13.2. The molecule has 0 aliphatic carbocycles. The molecule has 0 bridgehead atoms. The van der Waals surface area contributed by atoms with Crippen molar-refractivity contribution in [2.75, 3.05) is 31.9 Å². The molecule has 2 aliphatic heterocycles. The first-order chi connectivity index (χ1) is 28.0. The molecule has 21 nitrogen and oxygen atoms in total. The summed E-state index contributed by atoms with van der Waals surface area (Å²) < 4.78 is 0. The molecule has 10 amide bonds. The van der Waals surface area contributed by atoms with Gasteiger partial charge in [-0.05, 0) is 70.8 Å². The van der Waals surface area contributed by atoms with Crippen LogP contribution in [-0.2, 0) is 38.4 Å². The first kappa shape index (κ1) is 50.4. The van der Waals surface area contributed by atoms with Crippen LogP contribution in [0.4, 0.5) is 4.79 Å². The maximum Gasteiger partial charge on any atom is 0.315 e. The molecule has 0 aromatic carbocycles. The fourth-order valence-corrected chi connectivity index (χ4v) is 8.20. The minimum Gasteiger partial charge on any atom is -0.368 e. The average Bonchev–Trinajstić information content (AvgIpc) is 3.74. The molecule has 7 atom stereocenters. The number of fused-ring (bicyclic) bond motifs is 1. The molecule has 22 heteroatoms. The van der Waals surface area contributed by atoms with Crippen LogP contribution < -0.4 is 59.5 Å². The van der Waals surface area contributed by atoms with E-state index in [4.69, 9.17) is 16.7 Å². The largest absolute Gasteiger partial charge is 0.368 e. The second-order valence-electron chi connectivity index (χ2n) is 15.4. The molecule has 0 aromatic heterocycles. The van der Waals surface area contributed by atoms with Crippen molar-refractivity contribution in [3.05, 3.63) is 0 Å². The minimum atomic E-state index is -1.12. The SMILES string of the molecule is CC(C)C[C@H](NC(=O)C(CCCCN)CC(=O)NO)C(=O)N[C@@H](C)C(=O)NCC(=O)NCC(=O)N[C@@H](CCCCNC(=O)CCCC[C@@H]1SC[C@@H]2NC(=O)N[C@@H]21)C(N)=O. The minimum absolute atomic E-state index is 0.0373. The van der Waals surface area contributed by atoms with Crippen molar-refractivity contribution in [2.45, 2.75) is 133 Å². The Morgan fingerprint density at radius 2 is 1.47 bits per heavy atom. The Balaban J connectivity index is 1.66. The normalized spacial score (nSPS) is 18.8. The van der Waals surface area contributed by atoms with E-state index < -0.39 is 78.5 Å². The summed E-state index contributed by atoms with van der Waals surface area (Å²) in [6, 6.07) is -2.97. The Bertz CT molecular complexity index is 1460. The van der Waals surface area contributed by atoms with Gasteiger partial charge < -0.3 is 54.0 Å². The number of nitrogens with two attached hydrogens (primary N) is 2. The molecule has 0 aromatic rings. The van der Waals surface area contributed by atoms with Crippen molar-refractivity contribution < 1.29 is 48.4 Å². The summed E-state index contributed by atoms with van der Waals surface area (Å²) in [6.45, 7) is 4.81. The summed E-state index contributed by atoms with van der Waals surface area (Å²) >= 11 is 1.84. The number of primary amides is 1. The number of carbonyl (C=O) groups excluding carboxylic acids is 9. The first-order valence-electron chi connectivity index (χ1n) is 20.4. The van der Waals surface area contributed by atoms with Crippen LogP contribution in [0.15, 0.2) is 0 Å². The summed E-state index contributed by atoms with van der Waals surface area (Å²) in [6.07, 6.45) is 5.54. The topological polar surface area (TPSA) is 334 Å². The molecule has 0 spiro atoms. The molecule has 2 heterocycles. The summed E-state index contributed by atoms with van der Waals surface area (Å²) in [5.74, 6) is -4.91. The van der Waals surface area contributed by atoms with Gasteiger partial charge >= 0.3 is 6.03 Å². The number of hydrogen-bond donors (Lipinski definition) is 12. The van der Waals surface area contributed by atoms with Gasteiger partial charge in [0.2, 0.25) is 47.3 Å². The number of hydrogen-bond acceptors (Lipinski definition) is 12. The van der Waals surface area contributed by atoms with Gasteiger partial charge in [-0.1, -0.05) is 26.7 Å². The lowest BCUT2D eigenvalue weighted by Gasteiger charge is -2.24. The zero-order valence-corrected chi connectivity index (χ0v) is 35.1. The molecular formula is C37H65N11O10S. The van der Waals surface area contributed by atoms with Gasteiger partial charge in [-0.3, -0.25) is 43.6 Å². The Morgan fingerprint density at radius 3 is 2.15 bits per heavy atom. The van der Waals surface area contributed by atoms with Crippen molar-refractivity contribution >= 4 is 65.1 Å². The van der Waals surface area contributed by atoms with Gasteiger partial charge in [0.25, 0.3) is 0 Å². The number of thioether (sulfide) groups is 1. The molecule has 59 heavy (non-hydrogen) atoms. The van der Waals surface area contributed by atoms with Crippen LogP contribution in [0.1, 0.15) is 97.8 Å². The molecule has 2 fully saturated rings. The van der Waals surface area contributed by atoms with Gasteiger partial charge in [-0.2, -0.15) is 11.8 Å². The maximum absolute atomic E-state index is 13.2. The summed E-state index contributed by atoms with van der Waals surface area (Å²) in [5, 5.41) is 30.4. The van der Waals surface area contributed by atoms with E-state index in [9.17, 15) is 43.2 Å². The van der Waals surface area contributed by atoms with Gasteiger partial charge in [-0.25, -0.2) is 10.3 Å². The van der Waals surface area contributed by atoms with E-state index in [1.165, 1.54) is 12.4 Å². The predicted molar refractivity (Wildman–Crippen MR) is 218 cm³/mol. The third kappa shape index (κ3) is 19.7. The van der Waals surface area contributed by atoms with Gasteiger partial charge in [0.15, 0.2) is 0 Å². The Hall–Kier alpha value is -4.70. The quantitative estimate of drug-likeness (QED) is 0.0166. The Kier molecular flexibility index (Phi) is 23.2. The molecule has 2 rings (SSSR count). The third-order valence-corrected chi connectivity index (χ3v) is 11.4. The molecule has 1 unspecified atom stereocenters. The Labute approximate surface area is 349 Å². The van der Waals surface area contributed by atoms with Gasteiger partial charge in [-0.15, -0.1) is 0 Å². The predicted octanol–water partition coefficient (Wildman–Crippen LogP) is -2.12. The number of hydroxylamine groups is 1. The van der Waals surface area contributed by atoms with E-state index >= 15 is 0 Å². The molecule has 0 radical (unpaired) electrons. The lowest BCUT2D eigenvalue weighted by atomic mass is 9.95. The van der Waals surface area contributed by atoms with E-state index in [1.807, 2.05) is 25.6 Å². The van der Waals surface area contributed by atoms with Crippen molar-refractivity contribution in [3.8, 4) is 0 Å². The monoisotopic (exact) mass is 855 g/mol. The highest BCUT2D eigenvalue weighted by Crippen LogP contribution is 2.33. The summed E-state index contributed by atoms with van der Waals surface area (Å²) in [4.78, 5) is 111. The third-order valence-electron chi connectivity index (χ3n) is 9.90. The molecule has 2 saturated heterocycles. The summed E-state index contributed by atoms with van der Waals surface area (Å²) in [5.41, 5.74) is 12.5. The van der Waals surface area contributed by atoms with Crippen LogP contribution in [0.5, 0.6) is 0 Å². The molecule has 334 valence electrons. The van der Waals surface area contributed by atoms with E-state index in [0.29, 0.717) is 56.9 Å². The first-order valence-corrected chi connectivity index (χ1v) is 21.4. The number of rotatable bonds is 29. The molecular weight excluding hydrogens is 791 g/mol.